The third kappa shape index (κ3) is 8.82. The van der Waals surface area contributed by atoms with Crippen molar-refractivity contribution in [1.82, 2.24) is 14.6 Å². The number of ketones is 1. The highest BCUT2D eigenvalue weighted by Crippen LogP contribution is 2.58. The molecule has 1 aromatic heterocycles. The van der Waals surface area contributed by atoms with Gasteiger partial charge < -0.3 is 29.0 Å². The first kappa shape index (κ1) is 43.3. The van der Waals surface area contributed by atoms with Gasteiger partial charge in [-0.3, -0.25) is 23.9 Å². The smallest absolute Gasteiger partial charge is 0.307 e. The minimum Gasteiger partial charge on any atom is -0.494 e. The molecular formula is C42H56FN3O11S. The Morgan fingerprint density at radius 3 is 2.41 bits per heavy atom. The largest absolute Gasteiger partial charge is 0.494 e. The number of aliphatic hydroxyl groups excluding tert-OH is 1. The number of halogens is 1. The number of hydrogen-bond acceptors (Lipinski definition) is 12. The van der Waals surface area contributed by atoms with E-state index < -0.39 is 85.8 Å². The molecule has 1 aromatic carbocycles. The van der Waals surface area contributed by atoms with Crippen LogP contribution in [0.3, 0.4) is 0 Å². The minimum absolute atomic E-state index is 0.0203. The van der Waals surface area contributed by atoms with Gasteiger partial charge in [0.25, 0.3) is 0 Å². The van der Waals surface area contributed by atoms with Crippen molar-refractivity contribution in [3.05, 3.63) is 36.3 Å². The summed E-state index contributed by atoms with van der Waals surface area (Å²) in [5.41, 5.74) is -2.20. The van der Waals surface area contributed by atoms with Crippen LogP contribution in [0.1, 0.15) is 92.4 Å². The van der Waals surface area contributed by atoms with Gasteiger partial charge in [0.1, 0.15) is 22.2 Å². The first-order valence-corrected chi connectivity index (χ1v) is 21.5. The van der Waals surface area contributed by atoms with Crippen LogP contribution in [-0.2, 0) is 33.9 Å². The van der Waals surface area contributed by atoms with Gasteiger partial charge in [0.05, 0.1) is 62.7 Å². The van der Waals surface area contributed by atoms with Crippen LogP contribution in [0, 0.1) is 34.9 Å². The van der Waals surface area contributed by atoms with Crippen LogP contribution in [0.5, 0.6) is 17.4 Å². The summed E-state index contributed by atoms with van der Waals surface area (Å²) in [6.07, 6.45) is 6.45. The summed E-state index contributed by atoms with van der Waals surface area (Å²) in [6, 6.07) is 1.56. The lowest BCUT2D eigenvalue weighted by Gasteiger charge is -2.32. The molecule has 14 nitrogen and oxygen atoms in total. The van der Waals surface area contributed by atoms with Gasteiger partial charge in [0.2, 0.25) is 27.7 Å². The Labute approximate surface area is 339 Å². The number of ether oxygens (including phenoxy) is 4. The molecule has 2 aromatic rings. The molecule has 58 heavy (non-hydrogen) atoms. The number of carbonyl (C=O) groups excluding carboxylic acids is 4. The second-order valence-corrected chi connectivity index (χ2v) is 19.8. The minimum atomic E-state index is -4.25. The number of sulfonamides is 1. The van der Waals surface area contributed by atoms with Crippen LogP contribution in [-0.4, -0.2) is 96.8 Å². The molecule has 3 heterocycles. The van der Waals surface area contributed by atoms with E-state index in [0.29, 0.717) is 24.0 Å². The standard InChI is InChI=1S/C42H56FN3O11S/c1-24-10-8-9-11-26-19-42(26,39(51)45-58(52,53)41(23-47)12-13-41)20-33(48)32-15-27(22-46(32)38(50)28(25(2)14-24)18-36(49)57-40(3,4)5)56-37-30-16-31(43)34(54-6)17-29(30)35(55-7)21-44-37/h9,11,16-17,21,24-28,32,47H,8,10,12-15,18-20,22-23H2,1-7H3,(H,45,51)/b11-9-/t24-,25-,26-,27-,28+,32+,42-/m1/s1. The quantitative estimate of drug-likeness (QED) is 0.241. The summed E-state index contributed by atoms with van der Waals surface area (Å²) >= 11 is 0. The number of methoxy groups -OCH3 is 2. The van der Waals surface area contributed by atoms with E-state index in [-0.39, 0.29) is 73.9 Å². The number of Topliss-reactive ketones (excluding diaryl/α,β-unsaturated/α-hetero) is 1. The average Bonchev–Trinajstić information content (AvgIpc) is 4.05. The molecule has 6 rings (SSSR count). The Balaban J connectivity index is 1.37. The van der Waals surface area contributed by atoms with Gasteiger partial charge in [-0.05, 0) is 89.2 Å². The first-order valence-electron chi connectivity index (χ1n) is 20.0. The van der Waals surface area contributed by atoms with E-state index >= 15 is 4.39 Å². The van der Waals surface area contributed by atoms with Crippen LogP contribution < -0.4 is 18.9 Å². The molecule has 16 heteroatoms. The number of carbonyl (C=O) groups is 4. The number of pyridine rings is 1. The predicted molar refractivity (Wildman–Crippen MR) is 211 cm³/mol. The molecule has 2 N–H and O–H groups in total. The fourth-order valence-electron chi connectivity index (χ4n) is 8.60. The molecular weight excluding hydrogens is 774 g/mol. The Bertz CT molecular complexity index is 2080. The fraction of sp³-hybridized carbons (Fsp3) is 0.643. The number of benzene rings is 1. The third-order valence-electron chi connectivity index (χ3n) is 12.3. The second-order valence-electron chi connectivity index (χ2n) is 17.8. The molecule has 0 bridgehead atoms. The normalized spacial score (nSPS) is 29.3. The highest BCUT2D eigenvalue weighted by Gasteiger charge is 2.63. The van der Waals surface area contributed by atoms with Crippen molar-refractivity contribution >= 4 is 44.4 Å². The number of nitrogens with one attached hydrogen (secondary N) is 1. The molecule has 4 aliphatic rings. The zero-order valence-corrected chi connectivity index (χ0v) is 35.2. The molecule has 1 saturated heterocycles. The Morgan fingerprint density at radius 2 is 1.78 bits per heavy atom. The molecule has 3 fully saturated rings. The summed E-state index contributed by atoms with van der Waals surface area (Å²) in [5.74, 6) is -4.06. The van der Waals surface area contributed by atoms with Gasteiger partial charge in [0, 0.05) is 18.2 Å². The third-order valence-corrected chi connectivity index (χ3v) is 14.4. The molecule has 0 radical (unpaired) electrons. The number of amides is 2. The SMILES string of the molecule is COc1cc2c(OC)cnc(O[C@@H]3C[C@H]4C(=O)C[C@]5(C(=O)NS(=O)(=O)C6(CO)CC6)C[C@H]5/C=C\CC[C@@H](C)C[C@@H](C)[C@H](CC(=O)OC(C)(C)C)C(=O)N4C3)c2cc1F. The molecule has 0 unspecified atom stereocenters. The van der Waals surface area contributed by atoms with Gasteiger partial charge in [-0.25, -0.2) is 17.8 Å². The number of hydrogen-bond donors (Lipinski definition) is 2. The summed E-state index contributed by atoms with van der Waals surface area (Å²) < 4.78 is 65.2. The van der Waals surface area contributed by atoms with Crippen LogP contribution in [0.4, 0.5) is 4.39 Å². The van der Waals surface area contributed by atoms with E-state index in [2.05, 4.69) is 16.6 Å². The van der Waals surface area contributed by atoms with Crippen LogP contribution in [0.15, 0.2) is 30.5 Å². The van der Waals surface area contributed by atoms with E-state index in [1.807, 2.05) is 19.1 Å². The molecule has 2 saturated carbocycles. The number of nitrogens with zero attached hydrogens (tertiary/aromatic N) is 2. The molecule has 7 atom stereocenters. The zero-order valence-electron chi connectivity index (χ0n) is 34.3. The number of fused-ring (bicyclic) bond motifs is 3. The van der Waals surface area contributed by atoms with Crippen molar-refractivity contribution in [3.8, 4) is 17.4 Å². The van der Waals surface area contributed by atoms with E-state index in [1.165, 1.54) is 37.4 Å². The predicted octanol–water partition coefficient (Wildman–Crippen LogP) is 5.04. The van der Waals surface area contributed by atoms with Gasteiger partial charge in [-0.15, -0.1) is 0 Å². The highest BCUT2D eigenvalue weighted by atomic mass is 32.2. The van der Waals surface area contributed by atoms with Crippen molar-refractivity contribution in [2.24, 2.45) is 29.1 Å². The fourth-order valence-corrected chi connectivity index (χ4v) is 10.1. The number of rotatable bonds is 10. The molecule has 2 aliphatic heterocycles. The lowest BCUT2D eigenvalue weighted by atomic mass is 9.82. The Kier molecular flexibility index (Phi) is 12.2. The van der Waals surface area contributed by atoms with Crippen molar-refractivity contribution in [2.75, 3.05) is 27.4 Å². The zero-order chi connectivity index (χ0) is 42.4. The average molecular weight is 830 g/mol. The molecule has 2 amide bonds. The maximum absolute atomic E-state index is 15.1. The van der Waals surface area contributed by atoms with Crippen LogP contribution in [0.2, 0.25) is 0 Å². The number of aromatic nitrogens is 1. The lowest BCUT2D eigenvalue weighted by molar-refractivity contribution is -0.160. The highest BCUT2D eigenvalue weighted by molar-refractivity contribution is 7.91. The van der Waals surface area contributed by atoms with Gasteiger partial charge in [0.15, 0.2) is 17.3 Å². The van der Waals surface area contributed by atoms with Crippen molar-refractivity contribution in [1.29, 1.82) is 0 Å². The summed E-state index contributed by atoms with van der Waals surface area (Å²) in [7, 11) is -1.47. The maximum atomic E-state index is 15.1. The maximum Gasteiger partial charge on any atom is 0.307 e. The monoisotopic (exact) mass is 829 g/mol. The molecule has 318 valence electrons. The van der Waals surface area contributed by atoms with Crippen molar-refractivity contribution in [2.45, 2.75) is 115 Å². The van der Waals surface area contributed by atoms with Gasteiger partial charge in [-0.2, -0.15) is 0 Å². The van der Waals surface area contributed by atoms with E-state index in [9.17, 15) is 32.7 Å². The number of esters is 1. The Hall–Kier alpha value is -4.31. The summed E-state index contributed by atoms with van der Waals surface area (Å²) in [5, 5.41) is 10.6. The van der Waals surface area contributed by atoms with Crippen LogP contribution in [0.25, 0.3) is 10.8 Å². The van der Waals surface area contributed by atoms with E-state index in [1.54, 1.807) is 20.8 Å². The second kappa shape index (κ2) is 16.4. The van der Waals surface area contributed by atoms with Gasteiger partial charge >= 0.3 is 5.97 Å². The first-order chi connectivity index (χ1) is 27.3. The lowest BCUT2D eigenvalue weighted by Crippen LogP contribution is -2.48. The van der Waals surface area contributed by atoms with Crippen molar-refractivity contribution in [3.63, 3.8) is 0 Å². The van der Waals surface area contributed by atoms with E-state index in [0.717, 1.165) is 6.42 Å². The number of allylic oxidation sites excluding steroid dienone is 2. The topological polar surface area (TPSA) is 188 Å². The van der Waals surface area contributed by atoms with Crippen molar-refractivity contribution < 1.29 is 56.0 Å². The summed E-state index contributed by atoms with van der Waals surface area (Å²) in [4.78, 5) is 62.8. The summed E-state index contributed by atoms with van der Waals surface area (Å²) in [6.45, 7) is 8.50. The number of aliphatic hydroxyl groups is 1. The van der Waals surface area contributed by atoms with Crippen LogP contribution >= 0.6 is 0 Å². The molecule has 0 spiro atoms. The van der Waals surface area contributed by atoms with E-state index in [4.69, 9.17) is 18.9 Å². The Morgan fingerprint density at radius 1 is 1.07 bits per heavy atom. The van der Waals surface area contributed by atoms with Gasteiger partial charge in [-0.1, -0.05) is 26.0 Å². The molecule has 2 aliphatic carbocycles.